The number of hydrogen-bond donors (Lipinski definition) is 2. The van der Waals surface area contributed by atoms with Crippen LogP contribution in [0.1, 0.15) is 39.5 Å². The van der Waals surface area contributed by atoms with Crippen molar-refractivity contribution in [1.82, 2.24) is 0 Å². The lowest BCUT2D eigenvalue weighted by Crippen LogP contribution is -2.54. The van der Waals surface area contributed by atoms with Gasteiger partial charge in [0.05, 0.1) is 23.2 Å². The third-order valence-corrected chi connectivity index (χ3v) is 9.01. The van der Waals surface area contributed by atoms with Gasteiger partial charge in [-0.15, -0.1) is 0 Å². The second-order valence-electron chi connectivity index (χ2n) is 11.6. The van der Waals surface area contributed by atoms with E-state index in [2.05, 4.69) is 15.0 Å². The number of allylic oxidation sites excluding steroid dienone is 5. The summed E-state index contributed by atoms with van der Waals surface area (Å²) >= 11 is 0. The summed E-state index contributed by atoms with van der Waals surface area (Å²) in [6.07, 6.45) is 1.06. The average Bonchev–Trinajstić information content (AvgIpc) is 2.93. The first-order chi connectivity index (χ1) is 20.2. The van der Waals surface area contributed by atoms with Crippen molar-refractivity contribution in [3.63, 3.8) is 0 Å². The highest BCUT2D eigenvalue weighted by molar-refractivity contribution is 6.11. The van der Waals surface area contributed by atoms with Crippen LogP contribution in [0.25, 0.3) is 0 Å². The number of halogens is 6. The molecule has 11 heteroatoms. The second-order valence-corrected chi connectivity index (χ2v) is 11.6. The minimum Gasteiger partial charge on any atom is -0.435 e. The van der Waals surface area contributed by atoms with Crippen molar-refractivity contribution in [2.45, 2.75) is 52.3 Å². The van der Waals surface area contributed by atoms with Gasteiger partial charge in [-0.25, -0.2) is 9.38 Å². The van der Waals surface area contributed by atoms with E-state index in [4.69, 9.17) is 5.73 Å². The van der Waals surface area contributed by atoms with Gasteiger partial charge in [-0.1, -0.05) is 31.1 Å². The fraction of sp³-hybridized carbons (Fsp3) is 0.375. The Hall–Kier alpha value is -4.02. The van der Waals surface area contributed by atoms with Crippen molar-refractivity contribution in [3.05, 3.63) is 89.4 Å². The molecule has 0 heterocycles. The van der Waals surface area contributed by atoms with E-state index in [1.54, 1.807) is 25.1 Å². The van der Waals surface area contributed by atoms with Gasteiger partial charge in [0.2, 0.25) is 5.91 Å². The normalized spacial score (nSPS) is 29.0. The molecule has 2 aromatic carbocycles. The number of carbonyl (C=O) groups excluding carboxylic acids is 1. The van der Waals surface area contributed by atoms with E-state index in [9.17, 15) is 31.1 Å². The summed E-state index contributed by atoms with van der Waals surface area (Å²) in [6.45, 7) is 0.646. The van der Waals surface area contributed by atoms with Gasteiger partial charge in [0.25, 0.3) is 0 Å². The van der Waals surface area contributed by atoms with Gasteiger partial charge in [-0.2, -0.15) is 22.0 Å². The summed E-state index contributed by atoms with van der Waals surface area (Å²) in [6, 6.07) is 10.7. The number of rotatable bonds is 5. The topological polar surface area (TPSA) is 76.7 Å². The molecule has 2 aromatic rings. The maximum atomic E-state index is 14.4. The third kappa shape index (κ3) is 5.81. The van der Waals surface area contributed by atoms with Crippen LogP contribution in [0.2, 0.25) is 0 Å². The minimum absolute atomic E-state index is 0.140. The zero-order valence-electron chi connectivity index (χ0n) is 23.5. The monoisotopic (exact) mass is 603 g/mol. The van der Waals surface area contributed by atoms with E-state index in [0.29, 0.717) is 29.8 Å². The van der Waals surface area contributed by atoms with Gasteiger partial charge in [0.15, 0.2) is 0 Å². The molecule has 0 aromatic heterocycles. The standard InChI is InChI=1S/C32H31F6N3O2/c1-30-14-13-19-15-25(40-21-5-3-20(33)4-6-21)18(17-39)16-31(19,2)26(30)12-11-24(32(36,37)38)27(30)28(42)41-22-7-9-23(10-8-22)43-29(34)35/h3-10,12,15,17,24,27,29H,11,13-14,16,39H2,1-2H3,(H,41,42)/t24-,27-,30+,31+/m1/s1. The fourth-order valence-electron chi connectivity index (χ4n) is 7.02. The van der Waals surface area contributed by atoms with Gasteiger partial charge in [0.1, 0.15) is 11.6 Å². The van der Waals surface area contributed by atoms with E-state index in [-0.39, 0.29) is 24.3 Å². The van der Waals surface area contributed by atoms with Crippen LogP contribution in [0.5, 0.6) is 5.75 Å². The zero-order chi connectivity index (χ0) is 31.2. The molecule has 1 amide bonds. The predicted octanol–water partition coefficient (Wildman–Crippen LogP) is 8.24. The molecule has 0 saturated heterocycles. The first-order valence-corrected chi connectivity index (χ1v) is 13.8. The molecule has 3 N–H and O–H groups in total. The van der Waals surface area contributed by atoms with Crippen LogP contribution in [0, 0.1) is 28.5 Å². The van der Waals surface area contributed by atoms with E-state index < -0.39 is 47.2 Å². The Morgan fingerprint density at radius 2 is 1.79 bits per heavy atom. The molecule has 1 fully saturated rings. The number of nitrogens with zero attached hydrogens (tertiary/aromatic N) is 1. The van der Waals surface area contributed by atoms with Crippen molar-refractivity contribution >= 4 is 23.0 Å². The molecule has 0 radical (unpaired) electrons. The van der Waals surface area contributed by atoms with E-state index in [1.165, 1.54) is 42.6 Å². The summed E-state index contributed by atoms with van der Waals surface area (Å²) in [5.41, 5.74) is 7.88. The molecule has 5 nitrogen and oxygen atoms in total. The lowest BCUT2D eigenvalue weighted by atomic mass is 9.47. The van der Waals surface area contributed by atoms with Crippen molar-refractivity contribution in [3.8, 4) is 5.75 Å². The SMILES string of the molecule is C[C@]12CC(=CN)C(=Nc3ccc(F)cc3)C=C1CC[C@@]1(C)C2=CC[C@@H](C(F)(F)F)[C@@H]1C(=O)Nc1ccc(OC(F)F)cc1. The number of fused-ring (bicyclic) bond motifs is 3. The molecule has 0 unspecified atom stereocenters. The number of carbonyl (C=O) groups is 1. The smallest absolute Gasteiger partial charge is 0.392 e. The molecule has 0 aliphatic heterocycles. The van der Waals surface area contributed by atoms with E-state index in [0.717, 1.165) is 11.1 Å². The van der Waals surface area contributed by atoms with Crippen LogP contribution < -0.4 is 15.8 Å². The highest BCUT2D eigenvalue weighted by atomic mass is 19.4. The largest absolute Gasteiger partial charge is 0.435 e. The summed E-state index contributed by atoms with van der Waals surface area (Å²) in [5.74, 6) is -4.68. The second kappa shape index (κ2) is 11.2. The summed E-state index contributed by atoms with van der Waals surface area (Å²) in [5, 5.41) is 2.59. The van der Waals surface area contributed by atoms with Gasteiger partial charge in [-0.05, 0) is 92.1 Å². The fourth-order valence-corrected chi connectivity index (χ4v) is 7.02. The molecular formula is C32H31F6N3O2. The number of benzene rings is 2. The Balaban J connectivity index is 1.50. The van der Waals surface area contributed by atoms with Crippen molar-refractivity contribution in [1.29, 1.82) is 0 Å². The highest BCUT2D eigenvalue weighted by Crippen LogP contribution is 2.64. The van der Waals surface area contributed by atoms with E-state index >= 15 is 0 Å². The molecule has 228 valence electrons. The Morgan fingerprint density at radius 1 is 1.12 bits per heavy atom. The van der Waals surface area contributed by atoms with E-state index in [1.807, 2.05) is 13.0 Å². The molecule has 1 saturated carbocycles. The van der Waals surface area contributed by atoms with Crippen LogP contribution in [-0.2, 0) is 4.79 Å². The molecule has 4 atom stereocenters. The lowest BCUT2D eigenvalue weighted by Gasteiger charge is -2.57. The zero-order valence-corrected chi connectivity index (χ0v) is 23.5. The lowest BCUT2D eigenvalue weighted by molar-refractivity contribution is -0.202. The Morgan fingerprint density at radius 3 is 2.40 bits per heavy atom. The van der Waals surface area contributed by atoms with Crippen LogP contribution in [-0.4, -0.2) is 24.4 Å². The van der Waals surface area contributed by atoms with Crippen molar-refractivity contribution in [2.24, 2.45) is 33.4 Å². The van der Waals surface area contributed by atoms with Gasteiger partial charge in [-0.3, -0.25) is 4.79 Å². The maximum absolute atomic E-state index is 14.4. The number of amides is 1. The molecular weight excluding hydrogens is 572 g/mol. The molecule has 0 spiro atoms. The van der Waals surface area contributed by atoms with Crippen LogP contribution in [0.15, 0.2) is 88.6 Å². The number of nitrogens with one attached hydrogen (secondary N) is 1. The summed E-state index contributed by atoms with van der Waals surface area (Å²) in [4.78, 5) is 18.4. The maximum Gasteiger partial charge on any atom is 0.392 e. The molecule has 3 aliphatic carbocycles. The Labute approximate surface area is 245 Å². The number of alkyl halides is 5. The number of nitrogens with two attached hydrogens (primary N) is 1. The molecule has 3 aliphatic rings. The number of hydrogen-bond acceptors (Lipinski definition) is 4. The predicted molar refractivity (Wildman–Crippen MR) is 151 cm³/mol. The summed E-state index contributed by atoms with van der Waals surface area (Å²) in [7, 11) is 0. The summed E-state index contributed by atoms with van der Waals surface area (Å²) < 4.78 is 86.1. The average molecular weight is 604 g/mol. The highest BCUT2D eigenvalue weighted by Gasteiger charge is 2.61. The Bertz CT molecular complexity index is 1510. The molecule has 5 rings (SSSR count). The molecule has 43 heavy (non-hydrogen) atoms. The van der Waals surface area contributed by atoms with Crippen LogP contribution >= 0.6 is 0 Å². The van der Waals surface area contributed by atoms with Gasteiger partial charge < -0.3 is 15.8 Å². The van der Waals surface area contributed by atoms with Crippen molar-refractivity contribution in [2.75, 3.05) is 5.32 Å². The Kier molecular flexibility index (Phi) is 7.96. The van der Waals surface area contributed by atoms with Crippen molar-refractivity contribution < 1.29 is 35.9 Å². The van der Waals surface area contributed by atoms with Gasteiger partial charge in [0, 0.05) is 16.5 Å². The quantitative estimate of drug-likeness (QED) is 0.267. The van der Waals surface area contributed by atoms with Crippen LogP contribution in [0.4, 0.5) is 37.7 Å². The first kappa shape index (κ1) is 30.4. The first-order valence-electron chi connectivity index (χ1n) is 13.8. The number of aliphatic imine (C=N–C) groups is 1. The molecule has 0 bridgehead atoms. The number of ether oxygens (including phenoxy) is 1. The minimum atomic E-state index is -4.64. The third-order valence-electron chi connectivity index (χ3n) is 9.01. The number of anilines is 1. The van der Waals surface area contributed by atoms with Crippen LogP contribution in [0.3, 0.4) is 0 Å². The van der Waals surface area contributed by atoms with Gasteiger partial charge >= 0.3 is 12.8 Å².